The summed E-state index contributed by atoms with van der Waals surface area (Å²) in [5.41, 5.74) is 1.12. The highest BCUT2D eigenvalue weighted by atomic mass is 16.5. The van der Waals surface area contributed by atoms with Gasteiger partial charge in [0, 0.05) is 17.9 Å². The lowest BCUT2D eigenvalue weighted by molar-refractivity contribution is -0.137. The molecule has 0 saturated carbocycles. The molecule has 6 atom stereocenters. The maximum atomic E-state index is 12.7. The van der Waals surface area contributed by atoms with E-state index in [9.17, 15) is 4.79 Å². The summed E-state index contributed by atoms with van der Waals surface area (Å²) in [7, 11) is 0. The quantitative estimate of drug-likeness (QED) is 0.598. The minimum atomic E-state index is -0.884. The van der Waals surface area contributed by atoms with E-state index in [0.29, 0.717) is 18.2 Å². The van der Waals surface area contributed by atoms with Gasteiger partial charge < -0.3 is 4.74 Å². The predicted molar refractivity (Wildman–Crippen MR) is 123 cm³/mol. The molecule has 3 aliphatic heterocycles. The van der Waals surface area contributed by atoms with Gasteiger partial charge in [0.25, 0.3) is 0 Å². The van der Waals surface area contributed by atoms with Crippen LogP contribution >= 0.6 is 0 Å². The van der Waals surface area contributed by atoms with Crippen LogP contribution < -0.4 is 5.32 Å². The van der Waals surface area contributed by atoms with Crippen molar-refractivity contribution in [2.45, 2.75) is 50.4 Å². The van der Waals surface area contributed by atoms with Crippen LogP contribution in [0.4, 0.5) is 0 Å². The number of ether oxygens (including phenoxy) is 1. The van der Waals surface area contributed by atoms with E-state index in [1.54, 1.807) is 0 Å². The SMILES string of the molecule is C=CC1CC2C(=NC3C=CC=CC32)C(C2=NC(C(C)C)CC(=O)O2)(c2ccccc2)N1. The summed E-state index contributed by atoms with van der Waals surface area (Å²) in [5.74, 6) is 0.957. The van der Waals surface area contributed by atoms with Crippen LogP contribution in [0.15, 0.2) is 77.3 Å². The lowest BCUT2D eigenvalue weighted by atomic mass is 9.69. The molecule has 0 radical (unpaired) electrons. The molecular formula is C26H29N3O2. The van der Waals surface area contributed by atoms with E-state index in [2.05, 4.69) is 62.2 Å². The molecule has 5 rings (SSSR count). The van der Waals surface area contributed by atoms with Crippen molar-refractivity contribution in [3.05, 3.63) is 72.9 Å². The summed E-state index contributed by atoms with van der Waals surface area (Å²) in [6.07, 6.45) is 11.8. The molecule has 4 aliphatic rings. The molecule has 0 spiro atoms. The zero-order valence-electron chi connectivity index (χ0n) is 18.1. The van der Waals surface area contributed by atoms with Gasteiger partial charge in [0.15, 0.2) is 5.54 Å². The van der Waals surface area contributed by atoms with Crippen molar-refractivity contribution in [3.63, 3.8) is 0 Å². The lowest BCUT2D eigenvalue weighted by Crippen LogP contribution is -2.65. The van der Waals surface area contributed by atoms with Gasteiger partial charge in [-0.2, -0.15) is 0 Å². The Labute approximate surface area is 183 Å². The molecule has 1 fully saturated rings. The number of nitrogens with one attached hydrogen (secondary N) is 1. The van der Waals surface area contributed by atoms with Gasteiger partial charge in [0.2, 0.25) is 5.90 Å². The van der Waals surface area contributed by atoms with Crippen molar-refractivity contribution < 1.29 is 9.53 Å². The first-order chi connectivity index (χ1) is 15.0. The summed E-state index contributed by atoms with van der Waals surface area (Å²) >= 11 is 0. The Balaban J connectivity index is 1.74. The molecule has 31 heavy (non-hydrogen) atoms. The van der Waals surface area contributed by atoms with Crippen LogP contribution in [0.5, 0.6) is 0 Å². The molecule has 1 aliphatic carbocycles. The van der Waals surface area contributed by atoms with Crippen molar-refractivity contribution in [2.24, 2.45) is 27.7 Å². The third-order valence-electron chi connectivity index (χ3n) is 7.00. The van der Waals surface area contributed by atoms with Crippen molar-refractivity contribution in [1.29, 1.82) is 0 Å². The molecule has 1 aromatic carbocycles. The molecule has 0 amide bonds. The first-order valence-electron chi connectivity index (χ1n) is 11.2. The first kappa shape index (κ1) is 20.1. The van der Waals surface area contributed by atoms with Crippen molar-refractivity contribution in [3.8, 4) is 0 Å². The minimum Gasteiger partial charge on any atom is -0.409 e. The minimum absolute atomic E-state index is 0.0445. The molecule has 0 bridgehead atoms. The maximum Gasteiger partial charge on any atom is 0.314 e. The highest BCUT2D eigenvalue weighted by Crippen LogP contribution is 2.46. The van der Waals surface area contributed by atoms with E-state index in [1.807, 2.05) is 24.3 Å². The van der Waals surface area contributed by atoms with Gasteiger partial charge in [-0.15, -0.1) is 6.58 Å². The second-order valence-corrected chi connectivity index (χ2v) is 9.22. The van der Waals surface area contributed by atoms with E-state index < -0.39 is 5.54 Å². The van der Waals surface area contributed by atoms with Crippen LogP contribution in [0.25, 0.3) is 0 Å². The van der Waals surface area contributed by atoms with Gasteiger partial charge >= 0.3 is 5.97 Å². The fourth-order valence-electron chi connectivity index (χ4n) is 5.35. The number of rotatable bonds is 4. The zero-order chi connectivity index (χ0) is 21.6. The second-order valence-electron chi connectivity index (χ2n) is 9.22. The van der Waals surface area contributed by atoms with Crippen molar-refractivity contribution in [2.75, 3.05) is 0 Å². The standard InChI is InChI=1S/C26H29N3O2/c1-4-18-14-20-19-12-8-9-13-21(19)27-24(20)26(29-18,17-10-6-5-7-11-17)25-28-22(16(2)3)15-23(30)31-25/h4-13,16,18-22,29H,1,14-15H2,2-3H3. The topological polar surface area (TPSA) is 63.0 Å². The summed E-state index contributed by atoms with van der Waals surface area (Å²) < 4.78 is 5.92. The van der Waals surface area contributed by atoms with E-state index in [0.717, 1.165) is 17.7 Å². The summed E-state index contributed by atoms with van der Waals surface area (Å²) in [6.45, 7) is 8.28. The van der Waals surface area contributed by atoms with Crippen molar-refractivity contribution in [1.82, 2.24) is 5.32 Å². The van der Waals surface area contributed by atoms with Crippen LogP contribution in [0.2, 0.25) is 0 Å². The van der Waals surface area contributed by atoms with Crippen LogP contribution in [-0.2, 0) is 15.1 Å². The third-order valence-corrected chi connectivity index (χ3v) is 7.00. The van der Waals surface area contributed by atoms with Gasteiger partial charge in [-0.1, -0.05) is 74.6 Å². The maximum absolute atomic E-state index is 12.7. The average Bonchev–Trinajstić information content (AvgIpc) is 3.17. The summed E-state index contributed by atoms with van der Waals surface area (Å²) in [6, 6.07) is 10.2. The normalized spacial score (nSPS) is 36.4. The van der Waals surface area contributed by atoms with Gasteiger partial charge in [-0.25, -0.2) is 4.99 Å². The number of aliphatic imine (C=N–C) groups is 2. The van der Waals surface area contributed by atoms with E-state index in [4.69, 9.17) is 14.7 Å². The molecule has 1 aromatic rings. The van der Waals surface area contributed by atoms with Crippen LogP contribution in [-0.4, -0.2) is 35.7 Å². The fraction of sp³-hybridized carbons (Fsp3) is 0.423. The first-order valence-corrected chi connectivity index (χ1v) is 11.2. The number of fused-ring (bicyclic) bond motifs is 3. The van der Waals surface area contributed by atoms with Crippen LogP contribution in [0.1, 0.15) is 32.3 Å². The Hall–Kier alpha value is -2.79. The molecule has 6 unspecified atom stereocenters. The molecule has 5 nitrogen and oxygen atoms in total. The van der Waals surface area contributed by atoms with Crippen LogP contribution in [0, 0.1) is 17.8 Å². The zero-order valence-corrected chi connectivity index (χ0v) is 18.1. The number of hydrogen-bond donors (Lipinski definition) is 1. The molecule has 1 saturated heterocycles. The Morgan fingerprint density at radius 2 is 1.97 bits per heavy atom. The number of carbonyl (C=O) groups is 1. The van der Waals surface area contributed by atoms with Gasteiger partial charge in [-0.05, 0) is 17.9 Å². The Kier molecular flexibility index (Phi) is 5.01. The number of piperidine rings is 1. The monoisotopic (exact) mass is 415 g/mol. The summed E-state index contributed by atoms with van der Waals surface area (Å²) in [5, 5.41) is 3.76. The fourth-order valence-corrected chi connectivity index (χ4v) is 5.35. The Morgan fingerprint density at radius 1 is 1.19 bits per heavy atom. The van der Waals surface area contributed by atoms with Crippen LogP contribution in [0.3, 0.4) is 0 Å². The Morgan fingerprint density at radius 3 is 2.71 bits per heavy atom. The average molecular weight is 416 g/mol. The number of allylic oxidation sites excluding steroid dienone is 2. The number of nitrogens with zero attached hydrogens (tertiary/aromatic N) is 2. The largest absolute Gasteiger partial charge is 0.409 e. The molecule has 1 N–H and O–H groups in total. The molecule has 160 valence electrons. The molecular weight excluding hydrogens is 386 g/mol. The second kappa shape index (κ2) is 7.72. The number of carbonyl (C=O) groups excluding carboxylic acids is 1. The lowest BCUT2D eigenvalue weighted by Gasteiger charge is -2.46. The molecule has 3 heterocycles. The predicted octanol–water partition coefficient (Wildman–Crippen LogP) is 3.98. The Bertz CT molecular complexity index is 1010. The van der Waals surface area contributed by atoms with Gasteiger partial charge in [-0.3, -0.25) is 15.1 Å². The number of hydrogen-bond acceptors (Lipinski definition) is 5. The third kappa shape index (κ3) is 3.23. The summed E-state index contributed by atoms with van der Waals surface area (Å²) in [4.78, 5) is 22.9. The molecule has 0 aromatic heterocycles. The van der Waals surface area contributed by atoms with Crippen molar-refractivity contribution >= 4 is 17.6 Å². The smallest absolute Gasteiger partial charge is 0.314 e. The van der Waals surface area contributed by atoms with E-state index in [1.165, 1.54) is 0 Å². The number of esters is 1. The van der Waals surface area contributed by atoms with Gasteiger partial charge in [0.1, 0.15) is 0 Å². The van der Waals surface area contributed by atoms with E-state index in [-0.39, 0.29) is 35.9 Å². The highest BCUT2D eigenvalue weighted by Gasteiger charge is 2.57. The number of cyclic esters (lactones) is 1. The molecule has 5 heteroatoms. The van der Waals surface area contributed by atoms with E-state index >= 15 is 0 Å². The number of benzene rings is 1. The highest BCUT2D eigenvalue weighted by molar-refractivity contribution is 6.18. The van der Waals surface area contributed by atoms with Gasteiger partial charge in [0.05, 0.1) is 24.2 Å².